The largest absolute Gasteiger partial charge is 0.354 e. The van der Waals surface area contributed by atoms with Gasteiger partial charge in [0.15, 0.2) is 0 Å². The van der Waals surface area contributed by atoms with Crippen molar-refractivity contribution >= 4 is 22.5 Å². The zero-order valence-corrected chi connectivity index (χ0v) is 19.0. The first kappa shape index (κ1) is 20.4. The smallest absolute Gasteiger partial charge is 0.0525 e. The molecule has 5 rings (SSSR count). The van der Waals surface area contributed by atoms with Crippen LogP contribution in [-0.2, 0) is 6.54 Å². The number of halogens is 1. The van der Waals surface area contributed by atoms with Crippen molar-refractivity contribution in [1.82, 2.24) is 9.88 Å². The summed E-state index contributed by atoms with van der Waals surface area (Å²) < 4.78 is 0. The van der Waals surface area contributed by atoms with E-state index in [0.29, 0.717) is 5.92 Å². The van der Waals surface area contributed by atoms with Crippen molar-refractivity contribution in [2.24, 2.45) is 0 Å². The van der Waals surface area contributed by atoms with Gasteiger partial charge in [0.1, 0.15) is 0 Å². The highest BCUT2D eigenvalue weighted by Gasteiger charge is 2.25. The molecule has 0 aliphatic carbocycles. The number of aromatic amines is 1. The molecule has 0 unspecified atom stereocenters. The fourth-order valence-electron chi connectivity index (χ4n) is 5.33. The number of aromatic nitrogens is 1. The fourth-order valence-corrected chi connectivity index (χ4v) is 5.56. The maximum absolute atomic E-state index is 6.58. The second-order valence-corrected chi connectivity index (χ2v) is 9.27. The van der Waals surface area contributed by atoms with Crippen molar-refractivity contribution in [3.63, 3.8) is 0 Å². The Labute approximate surface area is 189 Å². The summed E-state index contributed by atoms with van der Waals surface area (Å²) >= 11 is 6.58. The quantitative estimate of drug-likeness (QED) is 0.356. The zero-order valence-electron chi connectivity index (χ0n) is 18.3. The number of para-hydroxylation sites is 1. The number of piperidine rings is 1. The summed E-state index contributed by atoms with van der Waals surface area (Å²) in [4.78, 5) is 6.26. The highest BCUT2D eigenvalue weighted by Crippen LogP contribution is 2.37. The van der Waals surface area contributed by atoms with E-state index in [1.807, 2.05) is 12.1 Å². The molecule has 0 spiro atoms. The maximum atomic E-state index is 6.58. The van der Waals surface area contributed by atoms with Crippen LogP contribution in [0, 0.1) is 13.8 Å². The Morgan fingerprint density at radius 2 is 1.55 bits per heavy atom. The molecule has 2 heterocycles. The molecule has 0 radical (unpaired) electrons. The third kappa shape index (κ3) is 3.91. The summed E-state index contributed by atoms with van der Waals surface area (Å²) in [6, 6.07) is 23.4. The van der Waals surface area contributed by atoms with E-state index in [2.05, 4.69) is 78.3 Å². The average Bonchev–Trinajstić information content (AvgIpc) is 3.13. The molecular weight excluding hydrogens is 400 g/mol. The average molecular weight is 429 g/mol. The molecule has 158 valence electrons. The molecule has 1 N–H and O–H groups in total. The Kier molecular flexibility index (Phi) is 5.60. The maximum Gasteiger partial charge on any atom is 0.0525 e. The Morgan fingerprint density at radius 3 is 2.29 bits per heavy atom. The Morgan fingerprint density at radius 1 is 0.871 bits per heavy atom. The molecule has 0 bridgehead atoms. The highest BCUT2D eigenvalue weighted by molar-refractivity contribution is 6.33. The van der Waals surface area contributed by atoms with Gasteiger partial charge in [-0.3, -0.25) is 4.90 Å². The number of nitrogens with zero attached hydrogens (tertiary/aromatic N) is 1. The van der Waals surface area contributed by atoms with Gasteiger partial charge in [0.25, 0.3) is 0 Å². The van der Waals surface area contributed by atoms with Gasteiger partial charge in [0.2, 0.25) is 0 Å². The summed E-state index contributed by atoms with van der Waals surface area (Å²) in [6.07, 6.45) is 2.44. The van der Waals surface area contributed by atoms with Gasteiger partial charge < -0.3 is 4.98 Å². The van der Waals surface area contributed by atoms with Crippen LogP contribution >= 0.6 is 11.6 Å². The summed E-state index contributed by atoms with van der Waals surface area (Å²) in [6.45, 7) is 7.72. The van der Waals surface area contributed by atoms with E-state index in [9.17, 15) is 0 Å². The zero-order chi connectivity index (χ0) is 21.4. The Bertz CT molecular complexity index is 1190. The molecule has 1 aliphatic heterocycles. The molecule has 0 atom stereocenters. The molecule has 1 aromatic heterocycles. The normalized spacial score (nSPS) is 15.6. The van der Waals surface area contributed by atoms with Crippen LogP contribution < -0.4 is 0 Å². The van der Waals surface area contributed by atoms with Crippen LogP contribution in [0.25, 0.3) is 22.2 Å². The first-order valence-electron chi connectivity index (χ1n) is 11.2. The minimum Gasteiger partial charge on any atom is -0.354 e. The van der Waals surface area contributed by atoms with Gasteiger partial charge >= 0.3 is 0 Å². The fraction of sp³-hybridized carbons (Fsp3) is 0.286. The number of likely N-dealkylation sites (tertiary alicyclic amines) is 1. The molecule has 2 nitrogen and oxygen atoms in total. The van der Waals surface area contributed by atoms with E-state index in [1.54, 1.807) is 5.56 Å². The van der Waals surface area contributed by atoms with E-state index in [-0.39, 0.29) is 0 Å². The summed E-state index contributed by atoms with van der Waals surface area (Å²) in [5, 5.41) is 2.10. The van der Waals surface area contributed by atoms with Crippen molar-refractivity contribution in [1.29, 1.82) is 0 Å². The van der Waals surface area contributed by atoms with Crippen LogP contribution in [-0.4, -0.2) is 23.0 Å². The van der Waals surface area contributed by atoms with E-state index in [1.165, 1.54) is 40.4 Å². The van der Waals surface area contributed by atoms with Gasteiger partial charge in [-0.15, -0.1) is 0 Å². The van der Waals surface area contributed by atoms with Crippen LogP contribution in [0.1, 0.15) is 41.0 Å². The number of benzene rings is 3. The second kappa shape index (κ2) is 8.53. The third-order valence-corrected chi connectivity index (χ3v) is 7.21. The lowest BCUT2D eigenvalue weighted by molar-refractivity contribution is 0.205. The van der Waals surface area contributed by atoms with Crippen LogP contribution in [0.4, 0.5) is 0 Å². The number of hydrogen-bond acceptors (Lipinski definition) is 1. The van der Waals surface area contributed by atoms with Crippen molar-refractivity contribution in [3.8, 4) is 11.3 Å². The molecule has 1 fully saturated rings. The van der Waals surface area contributed by atoms with Gasteiger partial charge in [-0.25, -0.2) is 0 Å². The molecule has 4 aromatic rings. The highest BCUT2D eigenvalue weighted by atomic mass is 35.5. The number of hydrogen-bond donors (Lipinski definition) is 1. The molecule has 0 amide bonds. The monoisotopic (exact) mass is 428 g/mol. The SMILES string of the molecule is Cc1cccc(C)c1C1CCN(Cc2c(-c3ccccc3Cl)[nH]c3ccccc23)CC1. The van der Waals surface area contributed by atoms with Crippen LogP contribution in [0.5, 0.6) is 0 Å². The van der Waals surface area contributed by atoms with E-state index >= 15 is 0 Å². The minimum absolute atomic E-state index is 0.670. The topological polar surface area (TPSA) is 19.0 Å². The number of aryl methyl sites for hydroxylation is 2. The lowest BCUT2D eigenvalue weighted by Gasteiger charge is -2.33. The summed E-state index contributed by atoms with van der Waals surface area (Å²) in [5.74, 6) is 0.670. The predicted molar refractivity (Wildman–Crippen MR) is 132 cm³/mol. The van der Waals surface area contributed by atoms with Gasteiger partial charge in [-0.2, -0.15) is 0 Å². The second-order valence-electron chi connectivity index (χ2n) is 8.86. The molecule has 31 heavy (non-hydrogen) atoms. The van der Waals surface area contributed by atoms with Crippen LogP contribution in [0.15, 0.2) is 66.7 Å². The first-order chi connectivity index (χ1) is 15.1. The van der Waals surface area contributed by atoms with Gasteiger partial charge in [0, 0.05) is 28.0 Å². The Hall–Kier alpha value is -2.55. The Balaban J connectivity index is 1.42. The molecule has 3 heteroatoms. The van der Waals surface area contributed by atoms with Crippen molar-refractivity contribution in [2.75, 3.05) is 13.1 Å². The van der Waals surface area contributed by atoms with E-state index in [4.69, 9.17) is 11.6 Å². The first-order valence-corrected chi connectivity index (χ1v) is 11.6. The van der Waals surface area contributed by atoms with Crippen molar-refractivity contribution < 1.29 is 0 Å². The molecular formula is C28H29ClN2. The third-order valence-electron chi connectivity index (χ3n) is 6.88. The van der Waals surface area contributed by atoms with Crippen molar-refractivity contribution in [2.45, 2.75) is 39.2 Å². The molecule has 3 aromatic carbocycles. The van der Waals surface area contributed by atoms with Gasteiger partial charge in [-0.05, 0) is 80.1 Å². The van der Waals surface area contributed by atoms with E-state index in [0.717, 1.165) is 35.9 Å². The molecule has 1 aliphatic rings. The van der Waals surface area contributed by atoms with E-state index < -0.39 is 0 Å². The van der Waals surface area contributed by atoms with Crippen molar-refractivity contribution in [3.05, 3.63) is 94.0 Å². The van der Waals surface area contributed by atoms with Gasteiger partial charge in [-0.1, -0.05) is 66.2 Å². The molecule has 0 saturated carbocycles. The van der Waals surface area contributed by atoms with Gasteiger partial charge in [0.05, 0.1) is 5.69 Å². The predicted octanol–water partition coefficient (Wildman–Crippen LogP) is 7.48. The lowest BCUT2D eigenvalue weighted by atomic mass is 9.84. The number of nitrogens with one attached hydrogen (secondary N) is 1. The number of H-pyrrole nitrogens is 1. The van der Waals surface area contributed by atoms with Crippen LogP contribution in [0.2, 0.25) is 5.02 Å². The summed E-state index contributed by atoms with van der Waals surface area (Å²) in [5.41, 5.74) is 9.23. The standard InChI is InChI=1S/C28H29ClN2/c1-19-8-7-9-20(2)27(19)21-14-16-31(17-15-21)18-24-22-10-4-6-13-26(22)30-28(24)23-11-3-5-12-25(23)29/h3-13,21,30H,14-18H2,1-2H3. The van der Waals surface area contributed by atoms with Crippen LogP contribution in [0.3, 0.4) is 0 Å². The number of rotatable bonds is 4. The minimum atomic E-state index is 0.670. The number of fused-ring (bicyclic) bond motifs is 1. The molecule has 1 saturated heterocycles. The summed E-state index contributed by atoms with van der Waals surface area (Å²) in [7, 11) is 0. The lowest BCUT2D eigenvalue weighted by Crippen LogP contribution is -2.33.